The molecule has 0 spiro atoms. The van der Waals surface area contributed by atoms with E-state index >= 15 is 0 Å². The van der Waals surface area contributed by atoms with E-state index in [9.17, 15) is 0 Å². The normalized spacial score (nSPS) is 19.6. The lowest BCUT2D eigenvalue weighted by molar-refractivity contribution is 0.438. The fourth-order valence-corrected chi connectivity index (χ4v) is 2.85. The summed E-state index contributed by atoms with van der Waals surface area (Å²) in [6, 6.07) is 6.65. The van der Waals surface area contributed by atoms with Crippen molar-refractivity contribution in [1.29, 1.82) is 0 Å². The second-order valence-electron chi connectivity index (χ2n) is 4.85. The summed E-state index contributed by atoms with van der Waals surface area (Å²) in [7, 11) is 4.16. The van der Waals surface area contributed by atoms with E-state index in [4.69, 9.17) is 0 Å². The third-order valence-electron chi connectivity index (χ3n) is 3.73. The summed E-state index contributed by atoms with van der Waals surface area (Å²) in [6.45, 7) is 3.23. The fraction of sp³-hybridized carbons (Fsp3) is 0.429. The van der Waals surface area contributed by atoms with Crippen molar-refractivity contribution in [3.63, 3.8) is 0 Å². The van der Waals surface area contributed by atoms with Crippen LogP contribution in [0.15, 0.2) is 24.3 Å². The molecular formula is C14H19N3. The van der Waals surface area contributed by atoms with Gasteiger partial charge in [0.25, 0.3) is 0 Å². The Hall–Kier alpha value is -1.32. The van der Waals surface area contributed by atoms with Crippen molar-refractivity contribution in [2.24, 2.45) is 0 Å². The van der Waals surface area contributed by atoms with Crippen LogP contribution in [0.4, 0.5) is 5.69 Å². The zero-order valence-corrected chi connectivity index (χ0v) is 10.5. The van der Waals surface area contributed by atoms with Crippen LogP contribution in [0.2, 0.25) is 0 Å². The molecule has 0 aromatic heterocycles. The molecule has 0 amide bonds. The minimum absolute atomic E-state index is 1.08. The highest BCUT2D eigenvalue weighted by Crippen LogP contribution is 2.34. The highest BCUT2D eigenvalue weighted by Gasteiger charge is 2.23. The summed E-state index contributed by atoms with van der Waals surface area (Å²) in [5.41, 5.74) is 9.04. The Morgan fingerprint density at radius 3 is 2.88 bits per heavy atom. The summed E-state index contributed by atoms with van der Waals surface area (Å²) in [6.07, 6.45) is 3.51. The molecule has 2 aliphatic rings. The van der Waals surface area contributed by atoms with Crippen molar-refractivity contribution >= 4 is 11.3 Å². The molecule has 0 fully saturated rings. The fourth-order valence-electron chi connectivity index (χ4n) is 2.85. The molecule has 0 unspecified atom stereocenters. The Morgan fingerprint density at radius 1 is 1.29 bits per heavy atom. The molecule has 3 heteroatoms. The minimum atomic E-state index is 1.08. The maximum Gasteiger partial charge on any atom is 0.0558 e. The molecule has 0 saturated carbocycles. The number of nitrogens with zero attached hydrogens (tertiary/aromatic N) is 2. The van der Waals surface area contributed by atoms with Crippen LogP contribution in [-0.4, -0.2) is 38.6 Å². The van der Waals surface area contributed by atoms with Crippen LogP contribution in [-0.2, 0) is 6.42 Å². The summed E-state index contributed by atoms with van der Waals surface area (Å²) >= 11 is 0. The van der Waals surface area contributed by atoms with Crippen LogP contribution in [0.25, 0.3) is 5.57 Å². The van der Waals surface area contributed by atoms with Crippen molar-refractivity contribution in [1.82, 2.24) is 10.3 Å². The lowest BCUT2D eigenvalue weighted by Gasteiger charge is -2.18. The quantitative estimate of drug-likeness (QED) is 0.829. The van der Waals surface area contributed by atoms with Crippen LogP contribution in [0.5, 0.6) is 0 Å². The Balaban J connectivity index is 2.00. The molecule has 0 saturated heterocycles. The topological polar surface area (TPSA) is 18.5 Å². The van der Waals surface area contributed by atoms with E-state index in [1.165, 1.54) is 22.4 Å². The largest absolute Gasteiger partial charge is 0.308 e. The zero-order valence-electron chi connectivity index (χ0n) is 10.5. The Labute approximate surface area is 103 Å². The van der Waals surface area contributed by atoms with Gasteiger partial charge >= 0.3 is 0 Å². The van der Waals surface area contributed by atoms with E-state index in [1.54, 1.807) is 0 Å². The van der Waals surface area contributed by atoms with Gasteiger partial charge in [0.15, 0.2) is 0 Å². The summed E-state index contributed by atoms with van der Waals surface area (Å²) < 4.78 is 0. The van der Waals surface area contributed by atoms with Gasteiger partial charge in [-0.15, -0.1) is 0 Å². The van der Waals surface area contributed by atoms with Gasteiger partial charge in [-0.25, -0.2) is 5.43 Å². The number of rotatable bonds is 2. The van der Waals surface area contributed by atoms with Gasteiger partial charge in [0, 0.05) is 26.7 Å². The first kappa shape index (κ1) is 10.8. The molecule has 1 aromatic rings. The number of benzene rings is 1. The van der Waals surface area contributed by atoms with E-state index in [1.807, 2.05) is 7.05 Å². The number of hydrogen-bond acceptors (Lipinski definition) is 3. The minimum Gasteiger partial charge on any atom is -0.308 e. The molecule has 1 aromatic carbocycles. The summed E-state index contributed by atoms with van der Waals surface area (Å²) in [5.74, 6) is 0. The van der Waals surface area contributed by atoms with Crippen LogP contribution in [0.3, 0.4) is 0 Å². The molecule has 2 aliphatic heterocycles. The van der Waals surface area contributed by atoms with Gasteiger partial charge in [0.05, 0.1) is 5.69 Å². The second kappa shape index (κ2) is 4.17. The highest BCUT2D eigenvalue weighted by atomic mass is 15.5. The van der Waals surface area contributed by atoms with E-state index in [0.29, 0.717) is 0 Å². The molecule has 0 atom stereocenters. The van der Waals surface area contributed by atoms with Crippen molar-refractivity contribution in [2.45, 2.75) is 6.42 Å². The Morgan fingerprint density at radius 2 is 2.18 bits per heavy atom. The molecule has 3 rings (SSSR count). The van der Waals surface area contributed by atoms with E-state index < -0.39 is 0 Å². The van der Waals surface area contributed by atoms with Gasteiger partial charge < -0.3 is 5.01 Å². The van der Waals surface area contributed by atoms with Crippen molar-refractivity contribution < 1.29 is 0 Å². The maximum absolute atomic E-state index is 3.25. The zero-order chi connectivity index (χ0) is 11.8. The van der Waals surface area contributed by atoms with E-state index in [2.05, 4.69) is 46.7 Å². The third kappa shape index (κ3) is 1.75. The van der Waals surface area contributed by atoms with Gasteiger partial charge in [-0.05, 0) is 36.2 Å². The van der Waals surface area contributed by atoms with Crippen molar-refractivity contribution in [2.75, 3.05) is 38.7 Å². The average Bonchev–Trinajstić information content (AvgIpc) is 2.94. The number of anilines is 1. The smallest absolute Gasteiger partial charge is 0.0558 e. The Kier molecular flexibility index (Phi) is 2.65. The Bertz CT molecular complexity index is 465. The van der Waals surface area contributed by atoms with Gasteiger partial charge in [-0.3, -0.25) is 4.90 Å². The third-order valence-corrected chi connectivity index (χ3v) is 3.73. The van der Waals surface area contributed by atoms with Gasteiger partial charge in [0.1, 0.15) is 0 Å². The van der Waals surface area contributed by atoms with Gasteiger partial charge in [0.2, 0.25) is 0 Å². The SMILES string of the molecule is CNN1CCc2c(C3=CCN(C)C3)cccc21. The molecular weight excluding hydrogens is 210 g/mol. The van der Waals surface area contributed by atoms with Crippen LogP contribution in [0.1, 0.15) is 11.1 Å². The standard InChI is InChI=1S/C14H19N3/c1-15-17-9-7-13-12(4-3-5-14(13)17)11-6-8-16(2)10-11/h3-6,15H,7-10H2,1-2H3. The van der Waals surface area contributed by atoms with Crippen molar-refractivity contribution in [3.8, 4) is 0 Å². The highest BCUT2D eigenvalue weighted by molar-refractivity contribution is 5.77. The van der Waals surface area contributed by atoms with Gasteiger partial charge in [-0.2, -0.15) is 0 Å². The first-order valence-electron chi connectivity index (χ1n) is 6.24. The molecule has 0 bridgehead atoms. The molecule has 1 N–H and O–H groups in total. The van der Waals surface area contributed by atoms with Gasteiger partial charge in [-0.1, -0.05) is 18.2 Å². The molecule has 90 valence electrons. The maximum atomic E-state index is 3.25. The van der Waals surface area contributed by atoms with E-state index in [0.717, 1.165) is 26.1 Å². The van der Waals surface area contributed by atoms with Crippen LogP contribution < -0.4 is 10.4 Å². The molecule has 2 heterocycles. The number of fused-ring (bicyclic) bond motifs is 1. The first-order chi connectivity index (χ1) is 8.29. The van der Waals surface area contributed by atoms with Crippen LogP contribution in [0, 0.1) is 0 Å². The second-order valence-corrected chi connectivity index (χ2v) is 4.85. The molecule has 0 aliphatic carbocycles. The monoisotopic (exact) mass is 229 g/mol. The number of likely N-dealkylation sites (N-methyl/N-ethyl adjacent to an activating group) is 1. The molecule has 17 heavy (non-hydrogen) atoms. The van der Waals surface area contributed by atoms with Crippen LogP contribution >= 0.6 is 0 Å². The summed E-state index contributed by atoms with van der Waals surface area (Å²) in [4.78, 5) is 2.35. The molecule has 3 nitrogen and oxygen atoms in total. The number of hydrazine groups is 1. The van der Waals surface area contributed by atoms with Crippen molar-refractivity contribution in [3.05, 3.63) is 35.4 Å². The summed E-state index contributed by atoms with van der Waals surface area (Å²) in [5, 5.41) is 2.23. The average molecular weight is 229 g/mol. The molecule has 0 radical (unpaired) electrons. The lowest BCUT2D eigenvalue weighted by atomic mass is 9.98. The predicted octanol–water partition coefficient (Wildman–Crippen LogP) is 1.51. The number of hydrogen-bond donors (Lipinski definition) is 1. The predicted molar refractivity (Wildman–Crippen MR) is 72.0 cm³/mol. The lowest BCUT2D eigenvalue weighted by Crippen LogP contribution is -2.32. The number of nitrogens with one attached hydrogen (secondary N) is 1. The first-order valence-corrected chi connectivity index (χ1v) is 6.24. The van der Waals surface area contributed by atoms with E-state index in [-0.39, 0.29) is 0 Å².